The summed E-state index contributed by atoms with van der Waals surface area (Å²) < 4.78 is 33.4. The molecule has 0 aromatic carbocycles. The van der Waals surface area contributed by atoms with Crippen molar-refractivity contribution in [1.82, 2.24) is 14.3 Å². The van der Waals surface area contributed by atoms with Gasteiger partial charge in [0.05, 0.1) is 12.1 Å². The molecule has 2 N–H and O–H groups in total. The lowest BCUT2D eigenvalue weighted by atomic mass is 10.2. The van der Waals surface area contributed by atoms with Crippen LogP contribution in [0.15, 0.2) is 0 Å². The van der Waals surface area contributed by atoms with E-state index in [0.29, 0.717) is 26.2 Å². The van der Waals surface area contributed by atoms with Crippen molar-refractivity contribution in [2.75, 3.05) is 33.3 Å². The van der Waals surface area contributed by atoms with Gasteiger partial charge in [-0.05, 0) is 12.8 Å². The van der Waals surface area contributed by atoms with Crippen molar-refractivity contribution < 1.29 is 13.2 Å². The van der Waals surface area contributed by atoms with Crippen molar-refractivity contribution in [3.63, 3.8) is 0 Å². The fourth-order valence-electron chi connectivity index (χ4n) is 2.21. The Bertz CT molecular complexity index is 327. The van der Waals surface area contributed by atoms with Gasteiger partial charge in [0.1, 0.15) is 0 Å². The predicted octanol–water partition coefficient (Wildman–Crippen LogP) is -1.10. The third-order valence-corrected chi connectivity index (χ3v) is 4.81. The van der Waals surface area contributed by atoms with E-state index in [1.165, 1.54) is 4.31 Å². The first-order valence-electron chi connectivity index (χ1n) is 5.64. The first-order valence-corrected chi connectivity index (χ1v) is 7.08. The van der Waals surface area contributed by atoms with Crippen LogP contribution in [-0.2, 0) is 14.9 Å². The molecule has 2 heterocycles. The molecule has 6 nitrogen and oxygen atoms in total. The maximum Gasteiger partial charge on any atom is 0.279 e. The van der Waals surface area contributed by atoms with Crippen LogP contribution in [-0.4, -0.2) is 58.2 Å². The average molecular weight is 249 g/mol. The van der Waals surface area contributed by atoms with Gasteiger partial charge in [-0.1, -0.05) is 0 Å². The van der Waals surface area contributed by atoms with E-state index in [4.69, 9.17) is 4.74 Å². The van der Waals surface area contributed by atoms with E-state index < -0.39 is 10.2 Å². The number of nitrogens with one attached hydrogen (secondary N) is 2. The molecule has 2 fully saturated rings. The van der Waals surface area contributed by atoms with Gasteiger partial charge in [-0.25, -0.2) is 0 Å². The summed E-state index contributed by atoms with van der Waals surface area (Å²) in [6, 6.07) is -0.157. The molecular weight excluding hydrogens is 230 g/mol. The molecule has 2 aliphatic rings. The number of rotatable bonds is 4. The molecule has 2 atom stereocenters. The van der Waals surface area contributed by atoms with Crippen LogP contribution in [0.25, 0.3) is 0 Å². The van der Waals surface area contributed by atoms with Gasteiger partial charge >= 0.3 is 0 Å². The fourth-order valence-corrected chi connectivity index (χ4v) is 3.72. The van der Waals surface area contributed by atoms with Crippen molar-refractivity contribution in [1.29, 1.82) is 0 Å². The average Bonchev–Trinajstić information content (AvgIpc) is 2.86. The molecule has 0 bridgehead atoms. The molecule has 7 heteroatoms. The summed E-state index contributed by atoms with van der Waals surface area (Å²) in [7, 11) is -1.72. The molecule has 0 spiro atoms. The van der Waals surface area contributed by atoms with E-state index in [-0.39, 0.29) is 12.1 Å². The van der Waals surface area contributed by atoms with E-state index in [2.05, 4.69) is 10.0 Å². The van der Waals surface area contributed by atoms with Crippen LogP contribution >= 0.6 is 0 Å². The van der Waals surface area contributed by atoms with Crippen LogP contribution < -0.4 is 10.0 Å². The van der Waals surface area contributed by atoms with Gasteiger partial charge in [0.2, 0.25) is 0 Å². The molecule has 1 unspecified atom stereocenters. The lowest BCUT2D eigenvalue weighted by Crippen LogP contribution is -2.49. The van der Waals surface area contributed by atoms with Crippen molar-refractivity contribution in [3.05, 3.63) is 0 Å². The molecule has 2 rings (SSSR count). The summed E-state index contributed by atoms with van der Waals surface area (Å²) in [6.45, 7) is 2.59. The molecule has 0 aromatic rings. The second-order valence-corrected chi connectivity index (χ2v) is 5.97. The standard InChI is InChI=1S/C9H19N3O3S/c1-15-9-7-10-6-8(9)11-16(13,14)12-4-2-3-5-12/h8-11H,2-7H2,1H3/t8?,9-/m0/s1. The second kappa shape index (κ2) is 4.97. The first kappa shape index (κ1) is 12.3. The maximum atomic E-state index is 12.0. The quantitative estimate of drug-likeness (QED) is 0.664. The van der Waals surface area contributed by atoms with Crippen LogP contribution in [0, 0.1) is 0 Å². The summed E-state index contributed by atoms with van der Waals surface area (Å²) in [4.78, 5) is 0. The fraction of sp³-hybridized carbons (Fsp3) is 1.00. The summed E-state index contributed by atoms with van der Waals surface area (Å²) in [5, 5.41) is 3.12. The highest BCUT2D eigenvalue weighted by atomic mass is 32.2. The van der Waals surface area contributed by atoms with Gasteiger partial charge in [0.15, 0.2) is 0 Å². The highest BCUT2D eigenvalue weighted by Gasteiger charge is 2.33. The van der Waals surface area contributed by atoms with Crippen molar-refractivity contribution in [3.8, 4) is 0 Å². The van der Waals surface area contributed by atoms with E-state index in [1.54, 1.807) is 7.11 Å². The third-order valence-electron chi connectivity index (χ3n) is 3.17. The SMILES string of the molecule is CO[C@H]1CNCC1NS(=O)(=O)N1CCCC1. The minimum Gasteiger partial charge on any atom is -0.378 e. The normalized spacial score (nSPS) is 32.3. The third kappa shape index (κ3) is 2.54. The van der Waals surface area contributed by atoms with Gasteiger partial charge < -0.3 is 10.1 Å². The minimum atomic E-state index is -3.32. The van der Waals surface area contributed by atoms with E-state index in [9.17, 15) is 8.42 Å². The molecule has 2 aliphatic heterocycles. The van der Waals surface area contributed by atoms with Crippen LogP contribution in [0.4, 0.5) is 0 Å². The number of methoxy groups -OCH3 is 1. The van der Waals surface area contributed by atoms with Crippen LogP contribution in [0.1, 0.15) is 12.8 Å². The summed E-state index contributed by atoms with van der Waals surface area (Å²) in [5.74, 6) is 0. The Labute approximate surface area is 96.5 Å². The number of hydrogen-bond acceptors (Lipinski definition) is 4. The topological polar surface area (TPSA) is 70.7 Å². The number of ether oxygens (including phenoxy) is 1. The largest absolute Gasteiger partial charge is 0.378 e. The second-order valence-electron chi connectivity index (χ2n) is 4.27. The Balaban J connectivity index is 1.97. The molecule has 16 heavy (non-hydrogen) atoms. The maximum absolute atomic E-state index is 12.0. The molecule has 0 saturated carbocycles. The molecule has 0 amide bonds. The van der Waals surface area contributed by atoms with Crippen molar-refractivity contribution in [2.24, 2.45) is 0 Å². The van der Waals surface area contributed by atoms with Gasteiger partial charge in [0.25, 0.3) is 10.2 Å². The Morgan fingerprint density at radius 1 is 1.31 bits per heavy atom. The Hall–Kier alpha value is -0.210. The highest BCUT2D eigenvalue weighted by Crippen LogP contribution is 2.13. The van der Waals surface area contributed by atoms with Crippen molar-refractivity contribution in [2.45, 2.75) is 25.0 Å². The zero-order valence-corrected chi connectivity index (χ0v) is 10.3. The smallest absolute Gasteiger partial charge is 0.279 e. The summed E-state index contributed by atoms with van der Waals surface area (Å²) in [6.07, 6.45) is 1.84. The lowest BCUT2D eigenvalue weighted by molar-refractivity contribution is 0.102. The molecular formula is C9H19N3O3S. The minimum absolute atomic E-state index is 0.0719. The molecule has 0 aliphatic carbocycles. The van der Waals surface area contributed by atoms with Gasteiger partial charge in [0, 0.05) is 33.3 Å². The Kier molecular flexibility index (Phi) is 3.81. The summed E-state index contributed by atoms with van der Waals surface area (Å²) in [5.41, 5.74) is 0. The van der Waals surface area contributed by atoms with Crippen LogP contribution in [0.3, 0.4) is 0 Å². The zero-order valence-electron chi connectivity index (χ0n) is 9.48. The van der Waals surface area contributed by atoms with Crippen LogP contribution in [0.5, 0.6) is 0 Å². The number of nitrogens with zero attached hydrogens (tertiary/aromatic N) is 1. The lowest BCUT2D eigenvalue weighted by Gasteiger charge is -2.22. The molecule has 94 valence electrons. The Morgan fingerprint density at radius 2 is 2.00 bits per heavy atom. The predicted molar refractivity (Wildman–Crippen MR) is 60.3 cm³/mol. The van der Waals surface area contributed by atoms with Crippen molar-refractivity contribution >= 4 is 10.2 Å². The summed E-state index contributed by atoms with van der Waals surface area (Å²) >= 11 is 0. The molecule has 0 aromatic heterocycles. The van der Waals surface area contributed by atoms with E-state index in [1.807, 2.05) is 0 Å². The zero-order chi connectivity index (χ0) is 11.6. The van der Waals surface area contributed by atoms with E-state index in [0.717, 1.165) is 12.8 Å². The van der Waals surface area contributed by atoms with Crippen LogP contribution in [0.2, 0.25) is 0 Å². The number of hydrogen-bond donors (Lipinski definition) is 2. The van der Waals surface area contributed by atoms with Gasteiger partial charge in [-0.3, -0.25) is 0 Å². The Morgan fingerprint density at radius 3 is 2.62 bits per heavy atom. The first-order chi connectivity index (χ1) is 7.63. The monoisotopic (exact) mass is 249 g/mol. The molecule has 0 radical (unpaired) electrons. The van der Waals surface area contributed by atoms with E-state index >= 15 is 0 Å². The molecule has 2 saturated heterocycles. The van der Waals surface area contributed by atoms with Gasteiger partial charge in [-0.2, -0.15) is 17.4 Å². The van der Waals surface area contributed by atoms with Gasteiger partial charge in [-0.15, -0.1) is 0 Å². The highest BCUT2D eigenvalue weighted by molar-refractivity contribution is 7.87.